The SMILES string of the molecule is CCOC(=O)c1ccc(OCCC2CCCNC2)cc1.Cl. The van der Waals surface area contributed by atoms with Gasteiger partial charge in [0.15, 0.2) is 0 Å². The molecule has 1 saturated heterocycles. The molecule has 1 aliphatic heterocycles. The zero-order valence-corrected chi connectivity index (χ0v) is 13.3. The minimum absolute atomic E-state index is 0. The van der Waals surface area contributed by atoms with Gasteiger partial charge in [-0.2, -0.15) is 0 Å². The summed E-state index contributed by atoms with van der Waals surface area (Å²) in [4.78, 5) is 11.5. The zero-order valence-electron chi connectivity index (χ0n) is 12.5. The summed E-state index contributed by atoms with van der Waals surface area (Å²) in [5, 5.41) is 3.41. The maximum Gasteiger partial charge on any atom is 0.338 e. The minimum atomic E-state index is -0.285. The van der Waals surface area contributed by atoms with Crippen molar-refractivity contribution in [1.82, 2.24) is 5.32 Å². The summed E-state index contributed by atoms with van der Waals surface area (Å²) in [6.07, 6.45) is 3.63. The number of carbonyl (C=O) groups is 1. The Labute approximate surface area is 132 Å². The molecule has 1 N–H and O–H groups in total. The predicted molar refractivity (Wildman–Crippen MR) is 85.4 cm³/mol. The predicted octanol–water partition coefficient (Wildman–Crippen LogP) is 3.05. The van der Waals surface area contributed by atoms with Gasteiger partial charge in [0.2, 0.25) is 0 Å². The van der Waals surface area contributed by atoms with Crippen LogP contribution in [0.3, 0.4) is 0 Å². The standard InChI is InChI=1S/C16H23NO3.ClH/c1-2-19-16(18)14-5-7-15(8-6-14)20-11-9-13-4-3-10-17-12-13;/h5-8,13,17H,2-4,9-12H2,1H3;1H. The molecule has 0 radical (unpaired) electrons. The summed E-state index contributed by atoms with van der Waals surface area (Å²) < 4.78 is 10.7. The average molecular weight is 314 g/mol. The molecule has 5 heteroatoms. The highest BCUT2D eigenvalue weighted by Crippen LogP contribution is 2.17. The van der Waals surface area contributed by atoms with E-state index in [0.717, 1.165) is 37.8 Å². The van der Waals surface area contributed by atoms with E-state index in [1.165, 1.54) is 12.8 Å². The van der Waals surface area contributed by atoms with Crippen molar-refractivity contribution in [2.75, 3.05) is 26.3 Å². The number of rotatable bonds is 6. The molecule has 4 nitrogen and oxygen atoms in total. The molecule has 1 heterocycles. The van der Waals surface area contributed by atoms with Crippen LogP contribution < -0.4 is 10.1 Å². The third-order valence-electron chi connectivity index (χ3n) is 3.56. The Bertz CT molecular complexity index is 416. The highest BCUT2D eigenvalue weighted by atomic mass is 35.5. The number of hydrogen-bond donors (Lipinski definition) is 1. The molecule has 21 heavy (non-hydrogen) atoms. The maximum absolute atomic E-state index is 11.5. The van der Waals surface area contributed by atoms with Crippen molar-refractivity contribution in [1.29, 1.82) is 0 Å². The van der Waals surface area contributed by atoms with Crippen LogP contribution in [-0.2, 0) is 4.74 Å². The van der Waals surface area contributed by atoms with Crippen molar-refractivity contribution in [3.63, 3.8) is 0 Å². The van der Waals surface area contributed by atoms with Crippen LogP contribution in [0.1, 0.15) is 36.5 Å². The number of ether oxygens (including phenoxy) is 2. The highest BCUT2D eigenvalue weighted by molar-refractivity contribution is 5.89. The van der Waals surface area contributed by atoms with Crippen molar-refractivity contribution in [2.45, 2.75) is 26.2 Å². The van der Waals surface area contributed by atoms with Gasteiger partial charge in [-0.05, 0) is 69.5 Å². The summed E-state index contributed by atoms with van der Waals surface area (Å²) in [6.45, 7) is 5.17. The molecule has 0 bridgehead atoms. The Morgan fingerprint density at radius 2 is 2.10 bits per heavy atom. The Morgan fingerprint density at radius 1 is 1.33 bits per heavy atom. The number of piperidine rings is 1. The van der Waals surface area contributed by atoms with Crippen molar-refractivity contribution in [3.05, 3.63) is 29.8 Å². The molecule has 1 fully saturated rings. The molecule has 1 aromatic rings. The molecule has 0 saturated carbocycles. The van der Waals surface area contributed by atoms with Crippen LogP contribution in [0.15, 0.2) is 24.3 Å². The molecule has 0 aliphatic carbocycles. The third-order valence-corrected chi connectivity index (χ3v) is 3.56. The van der Waals surface area contributed by atoms with Crippen molar-refractivity contribution >= 4 is 18.4 Å². The summed E-state index contributed by atoms with van der Waals surface area (Å²) in [5.74, 6) is 1.25. The van der Waals surface area contributed by atoms with Gasteiger partial charge >= 0.3 is 5.97 Å². The largest absolute Gasteiger partial charge is 0.494 e. The van der Waals surface area contributed by atoms with E-state index in [0.29, 0.717) is 12.2 Å². The molecule has 2 rings (SSSR count). The molecular formula is C16H24ClNO3. The number of esters is 1. The molecular weight excluding hydrogens is 290 g/mol. The molecule has 1 aromatic carbocycles. The van der Waals surface area contributed by atoms with E-state index in [4.69, 9.17) is 9.47 Å². The number of halogens is 1. The Balaban J connectivity index is 0.00000220. The lowest BCUT2D eigenvalue weighted by molar-refractivity contribution is 0.0526. The van der Waals surface area contributed by atoms with Gasteiger partial charge in [0, 0.05) is 0 Å². The van der Waals surface area contributed by atoms with E-state index < -0.39 is 0 Å². The summed E-state index contributed by atoms with van der Waals surface area (Å²) in [5.41, 5.74) is 0.565. The van der Waals surface area contributed by atoms with E-state index in [1.807, 2.05) is 12.1 Å². The highest BCUT2D eigenvalue weighted by Gasteiger charge is 2.12. The number of carbonyl (C=O) groups excluding carboxylic acids is 1. The van der Waals surface area contributed by atoms with Gasteiger partial charge in [0.05, 0.1) is 18.8 Å². The fourth-order valence-corrected chi connectivity index (χ4v) is 2.42. The van der Waals surface area contributed by atoms with Crippen molar-refractivity contribution < 1.29 is 14.3 Å². The first kappa shape index (κ1) is 17.8. The lowest BCUT2D eigenvalue weighted by Gasteiger charge is -2.22. The molecule has 1 aliphatic rings. The van der Waals surface area contributed by atoms with Crippen molar-refractivity contribution in [2.24, 2.45) is 5.92 Å². The number of hydrogen-bond acceptors (Lipinski definition) is 4. The third kappa shape index (κ3) is 5.94. The first-order chi connectivity index (χ1) is 9.79. The Morgan fingerprint density at radius 3 is 2.71 bits per heavy atom. The summed E-state index contributed by atoms with van der Waals surface area (Å²) in [7, 11) is 0. The molecule has 0 spiro atoms. The van der Waals surface area contributed by atoms with E-state index in [-0.39, 0.29) is 18.4 Å². The van der Waals surface area contributed by atoms with Gasteiger partial charge in [0.25, 0.3) is 0 Å². The second-order valence-corrected chi connectivity index (χ2v) is 5.09. The second-order valence-electron chi connectivity index (χ2n) is 5.09. The lowest BCUT2D eigenvalue weighted by Crippen LogP contribution is -2.30. The van der Waals surface area contributed by atoms with Crippen LogP contribution in [0, 0.1) is 5.92 Å². The Kier molecular flexibility index (Phi) is 8.16. The van der Waals surface area contributed by atoms with Gasteiger partial charge in [-0.1, -0.05) is 0 Å². The van der Waals surface area contributed by atoms with Gasteiger partial charge in [-0.15, -0.1) is 12.4 Å². The van der Waals surface area contributed by atoms with E-state index in [2.05, 4.69) is 5.32 Å². The minimum Gasteiger partial charge on any atom is -0.494 e. The Hall–Kier alpha value is -1.26. The zero-order chi connectivity index (χ0) is 14.2. The average Bonchev–Trinajstić information content (AvgIpc) is 2.49. The normalized spacial score (nSPS) is 17.7. The number of benzene rings is 1. The van der Waals surface area contributed by atoms with Gasteiger partial charge in [-0.25, -0.2) is 4.79 Å². The van der Waals surface area contributed by atoms with E-state index in [1.54, 1.807) is 19.1 Å². The smallest absolute Gasteiger partial charge is 0.338 e. The summed E-state index contributed by atoms with van der Waals surface area (Å²) >= 11 is 0. The van der Waals surface area contributed by atoms with Gasteiger partial charge < -0.3 is 14.8 Å². The first-order valence-corrected chi connectivity index (χ1v) is 7.40. The fourth-order valence-electron chi connectivity index (χ4n) is 2.42. The van der Waals surface area contributed by atoms with E-state index in [9.17, 15) is 4.79 Å². The van der Waals surface area contributed by atoms with Crippen LogP contribution in [0.5, 0.6) is 5.75 Å². The lowest BCUT2D eigenvalue weighted by atomic mass is 9.97. The molecule has 1 atom stereocenters. The van der Waals surface area contributed by atoms with Gasteiger partial charge in [-0.3, -0.25) is 0 Å². The second kappa shape index (κ2) is 9.64. The van der Waals surface area contributed by atoms with Crippen LogP contribution in [0.4, 0.5) is 0 Å². The van der Waals surface area contributed by atoms with Crippen LogP contribution in [0.2, 0.25) is 0 Å². The molecule has 118 valence electrons. The molecule has 0 aromatic heterocycles. The maximum atomic E-state index is 11.5. The fraction of sp³-hybridized carbons (Fsp3) is 0.562. The number of nitrogens with one attached hydrogen (secondary N) is 1. The molecule has 1 unspecified atom stereocenters. The van der Waals surface area contributed by atoms with Crippen LogP contribution in [-0.4, -0.2) is 32.3 Å². The first-order valence-electron chi connectivity index (χ1n) is 7.40. The van der Waals surface area contributed by atoms with Crippen LogP contribution in [0.25, 0.3) is 0 Å². The van der Waals surface area contributed by atoms with Crippen LogP contribution >= 0.6 is 12.4 Å². The van der Waals surface area contributed by atoms with E-state index >= 15 is 0 Å². The summed E-state index contributed by atoms with van der Waals surface area (Å²) in [6, 6.07) is 7.14. The monoisotopic (exact) mass is 313 g/mol. The van der Waals surface area contributed by atoms with Gasteiger partial charge in [0.1, 0.15) is 5.75 Å². The van der Waals surface area contributed by atoms with Crippen molar-refractivity contribution in [3.8, 4) is 5.75 Å². The topological polar surface area (TPSA) is 47.6 Å². The molecule has 0 amide bonds. The quantitative estimate of drug-likeness (QED) is 0.820.